The predicted octanol–water partition coefficient (Wildman–Crippen LogP) is 1.52. The molecular formula is C12H12F2N2O2. The van der Waals surface area contributed by atoms with E-state index in [9.17, 15) is 18.4 Å². The first-order chi connectivity index (χ1) is 8.51. The lowest BCUT2D eigenvalue weighted by Gasteiger charge is -2.14. The third kappa shape index (κ3) is 2.32. The molecule has 1 aliphatic rings. The quantitative estimate of drug-likeness (QED) is 0.832. The molecule has 1 unspecified atom stereocenters. The number of likely N-dealkylation sites (tertiary alicyclic amines) is 1. The van der Waals surface area contributed by atoms with Crippen LogP contribution in [0.25, 0.3) is 0 Å². The molecule has 0 bridgehead atoms. The third-order valence-corrected chi connectivity index (χ3v) is 2.76. The third-order valence-electron chi connectivity index (χ3n) is 2.76. The smallest absolute Gasteiger partial charge is 0.252 e. The summed E-state index contributed by atoms with van der Waals surface area (Å²) in [5.74, 6) is -2.12. The molecule has 18 heavy (non-hydrogen) atoms. The van der Waals surface area contributed by atoms with Crippen molar-refractivity contribution in [2.24, 2.45) is 0 Å². The highest BCUT2D eigenvalue weighted by Gasteiger charge is 2.37. The number of anilines is 1. The van der Waals surface area contributed by atoms with E-state index < -0.39 is 17.7 Å². The number of halogens is 2. The zero-order valence-electron chi connectivity index (χ0n) is 9.74. The highest BCUT2D eigenvalue weighted by atomic mass is 19.1. The molecule has 96 valence electrons. The van der Waals surface area contributed by atoms with Crippen molar-refractivity contribution >= 4 is 17.5 Å². The Morgan fingerprint density at radius 2 is 1.89 bits per heavy atom. The number of amides is 2. The zero-order chi connectivity index (χ0) is 13.3. The summed E-state index contributed by atoms with van der Waals surface area (Å²) >= 11 is 0. The van der Waals surface area contributed by atoms with E-state index >= 15 is 0 Å². The Balaban J connectivity index is 2.15. The van der Waals surface area contributed by atoms with Crippen LogP contribution in [-0.4, -0.2) is 29.3 Å². The Hall–Kier alpha value is -1.98. The number of hydrogen-bond donors (Lipinski definition) is 1. The second-order valence-electron chi connectivity index (χ2n) is 4.04. The van der Waals surface area contributed by atoms with E-state index in [0.29, 0.717) is 6.54 Å². The van der Waals surface area contributed by atoms with Crippen molar-refractivity contribution in [2.45, 2.75) is 19.4 Å². The number of benzene rings is 1. The summed E-state index contributed by atoms with van der Waals surface area (Å²) in [6, 6.07) is 2.15. The molecular weight excluding hydrogens is 242 g/mol. The molecule has 0 spiro atoms. The van der Waals surface area contributed by atoms with Gasteiger partial charge in [-0.2, -0.15) is 0 Å². The lowest BCUT2D eigenvalue weighted by molar-refractivity contribution is -0.138. The second kappa shape index (κ2) is 4.72. The first-order valence-corrected chi connectivity index (χ1v) is 5.58. The van der Waals surface area contributed by atoms with Crippen LogP contribution in [0.2, 0.25) is 0 Å². The highest BCUT2D eigenvalue weighted by Crippen LogP contribution is 2.19. The largest absolute Gasteiger partial charge is 0.373 e. The Kier molecular flexibility index (Phi) is 3.27. The Morgan fingerprint density at radius 1 is 1.28 bits per heavy atom. The molecule has 1 fully saturated rings. The van der Waals surface area contributed by atoms with E-state index in [0.717, 1.165) is 23.1 Å². The number of nitrogens with zero attached hydrogens (tertiary/aromatic N) is 1. The number of hydrogen-bond acceptors (Lipinski definition) is 3. The minimum atomic E-state index is -0.751. The average molecular weight is 254 g/mol. The maximum absolute atomic E-state index is 13.0. The Bertz CT molecular complexity index is 485. The minimum absolute atomic E-state index is 0.00477. The molecule has 4 nitrogen and oxygen atoms in total. The van der Waals surface area contributed by atoms with E-state index in [2.05, 4.69) is 5.32 Å². The van der Waals surface area contributed by atoms with Crippen LogP contribution in [0.1, 0.15) is 13.3 Å². The number of carbonyl (C=O) groups excluding carboxylic acids is 2. The normalized spacial score (nSPS) is 19.5. The first kappa shape index (κ1) is 12.5. The molecule has 1 saturated heterocycles. The Labute approximate surface area is 103 Å². The van der Waals surface area contributed by atoms with Gasteiger partial charge in [-0.3, -0.25) is 14.5 Å². The van der Waals surface area contributed by atoms with E-state index in [1.54, 1.807) is 6.92 Å². The van der Waals surface area contributed by atoms with Crippen molar-refractivity contribution in [1.29, 1.82) is 0 Å². The summed E-state index contributed by atoms with van der Waals surface area (Å²) in [5.41, 5.74) is 0.150. The summed E-state index contributed by atoms with van der Waals surface area (Å²) < 4.78 is 26.0. The lowest BCUT2D eigenvalue weighted by atomic mass is 10.2. The van der Waals surface area contributed by atoms with Gasteiger partial charge in [0.15, 0.2) is 0 Å². The van der Waals surface area contributed by atoms with Crippen molar-refractivity contribution in [3.05, 3.63) is 29.8 Å². The van der Waals surface area contributed by atoms with Crippen LogP contribution in [-0.2, 0) is 9.59 Å². The average Bonchev–Trinajstić information content (AvgIpc) is 2.52. The molecule has 0 aliphatic carbocycles. The van der Waals surface area contributed by atoms with Crippen LogP contribution in [0.5, 0.6) is 0 Å². The fourth-order valence-corrected chi connectivity index (χ4v) is 1.97. The van der Waals surface area contributed by atoms with Crippen LogP contribution in [0, 0.1) is 11.6 Å². The number of likely N-dealkylation sites (N-methyl/N-ethyl adjacent to an activating group) is 1. The zero-order valence-corrected chi connectivity index (χ0v) is 9.74. The molecule has 6 heteroatoms. The molecule has 0 radical (unpaired) electrons. The van der Waals surface area contributed by atoms with Gasteiger partial charge in [0.05, 0.1) is 6.42 Å². The first-order valence-electron chi connectivity index (χ1n) is 5.58. The van der Waals surface area contributed by atoms with Crippen LogP contribution in [0.15, 0.2) is 18.2 Å². The number of rotatable bonds is 3. The molecule has 1 aromatic rings. The summed E-state index contributed by atoms with van der Waals surface area (Å²) in [4.78, 5) is 24.4. The monoisotopic (exact) mass is 254 g/mol. The number of nitrogens with one attached hydrogen (secondary N) is 1. The van der Waals surface area contributed by atoms with Crippen LogP contribution < -0.4 is 5.32 Å². The van der Waals surface area contributed by atoms with Gasteiger partial charge in [0, 0.05) is 18.3 Å². The van der Waals surface area contributed by atoms with Crippen molar-refractivity contribution in [1.82, 2.24) is 4.90 Å². The van der Waals surface area contributed by atoms with E-state index in [-0.39, 0.29) is 23.9 Å². The molecule has 1 aliphatic heterocycles. The van der Waals surface area contributed by atoms with E-state index in [4.69, 9.17) is 0 Å². The number of carbonyl (C=O) groups is 2. The second-order valence-corrected chi connectivity index (χ2v) is 4.04. The number of imide groups is 1. The standard InChI is InChI=1S/C12H12F2N2O2/c1-2-16-11(17)6-10(12(16)18)15-9-4-7(13)3-8(14)5-9/h3-5,10,15H,2,6H2,1H3. The molecule has 0 saturated carbocycles. The van der Waals surface area contributed by atoms with Gasteiger partial charge in [0.25, 0.3) is 5.91 Å². The fourth-order valence-electron chi connectivity index (χ4n) is 1.97. The van der Waals surface area contributed by atoms with Crippen molar-refractivity contribution in [3.63, 3.8) is 0 Å². The SMILES string of the molecule is CCN1C(=O)CC(Nc2cc(F)cc(F)c2)C1=O. The van der Waals surface area contributed by atoms with Gasteiger partial charge in [-0.1, -0.05) is 0 Å². The highest BCUT2D eigenvalue weighted by molar-refractivity contribution is 6.06. The molecule has 2 amide bonds. The van der Waals surface area contributed by atoms with Crippen molar-refractivity contribution in [3.8, 4) is 0 Å². The minimum Gasteiger partial charge on any atom is -0.373 e. The van der Waals surface area contributed by atoms with E-state index in [1.807, 2.05) is 0 Å². The van der Waals surface area contributed by atoms with Crippen LogP contribution >= 0.6 is 0 Å². The van der Waals surface area contributed by atoms with Gasteiger partial charge in [0.1, 0.15) is 17.7 Å². The fraction of sp³-hybridized carbons (Fsp3) is 0.333. The van der Waals surface area contributed by atoms with Crippen LogP contribution in [0.4, 0.5) is 14.5 Å². The predicted molar refractivity (Wildman–Crippen MR) is 60.8 cm³/mol. The Morgan fingerprint density at radius 3 is 2.39 bits per heavy atom. The van der Waals surface area contributed by atoms with Gasteiger partial charge in [0.2, 0.25) is 5.91 Å². The van der Waals surface area contributed by atoms with Crippen LogP contribution in [0.3, 0.4) is 0 Å². The molecule has 1 N–H and O–H groups in total. The molecule has 2 rings (SSSR count). The topological polar surface area (TPSA) is 49.4 Å². The lowest BCUT2D eigenvalue weighted by Crippen LogP contribution is -2.34. The van der Waals surface area contributed by atoms with Crippen molar-refractivity contribution in [2.75, 3.05) is 11.9 Å². The molecule has 1 aromatic carbocycles. The van der Waals surface area contributed by atoms with Gasteiger partial charge in [-0.15, -0.1) is 0 Å². The maximum atomic E-state index is 13.0. The van der Waals surface area contributed by atoms with E-state index in [1.165, 1.54) is 0 Å². The van der Waals surface area contributed by atoms with Gasteiger partial charge < -0.3 is 5.32 Å². The van der Waals surface area contributed by atoms with Crippen molar-refractivity contribution < 1.29 is 18.4 Å². The summed E-state index contributed by atoms with van der Waals surface area (Å²) in [6.07, 6.45) is 0.00477. The summed E-state index contributed by atoms with van der Waals surface area (Å²) in [7, 11) is 0. The molecule has 1 heterocycles. The molecule has 1 atom stereocenters. The molecule has 0 aromatic heterocycles. The summed E-state index contributed by atoms with van der Waals surface area (Å²) in [6.45, 7) is 1.99. The van der Waals surface area contributed by atoms with Gasteiger partial charge in [-0.25, -0.2) is 8.78 Å². The van der Waals surface area contributed by atoms with Gasteiger partial charge in [-0.05, 0) is 19.1 Å². The summed E-state index contributed by atoms with van der Waals surface area (Å²) in [5, 5.41) is 2.67. The maximum Gasteiger partial charge on any atom is 0.252 e. The van der Waals surface area contributed by atoms with Gasteiger partial charge >= 0.3 is 0 Å².